The molecule has 0 amide bonds. The Kier molecular flexibility index (Phi) is 3.66. The topological polar surface area (TPSA) is 35.2 Å². The summed E-state index contributed by atoms with van der Waals surface area (Å²) in [6.45, 7) is 0.206. The quantitative estimate of drug-likeness (QED) is 0.817. The predicted octanol–water partition coefficient (Wildman–Crippen LogP) is 2.13. The van der Waals surface area contributed by atoms with E-state index in [4.69, 9.17) is 22.1 Å². The van der Waals surface area contributed by atoms with Crippen molar-refractivity contribution in [3.8, 4) is 0 Å². The molecule has 1 aromatic carbocycles. The predicted molar refractivity (Wildman–Crippen MR) is 50.2 cm³/mol. The van der Waals surface area contributed by atoms with Crippen molar-refractivity contribution in [1.82, 2.24) is 0 Å². The molecule has 0 saturated heterocycles. The van der Waals surface area contributed by atoms with E-state index in [1.54, 1.807) is 12.1 Å². The SMILES string of the molecule is COC(CN)c1c(F)cccc1Cl. The van der Waals surface area contributed by atoms with Crippen LogP contribution in [0.5, 0.6) is 0 Å². The second kappa shape index (κ2) is 4.56. The van der Waals surface area contributed by atoms with Gasteiger partial charge in [-0.25, -0.2) is 4.39 Å². The summed E-state index contributed by atoms with van der Waals surface area (Å²) >= 11 is 5.81. The van der Waals surface area contributed by atoms with E-state index in [9.17, 15) is 4.39 Å². The molecule has 1 unspecified atom stereocenters. The summed E-state index contributed by atoms with van der Waals surface area (Å²) in [6, 6.07) is 4.49. The molecule has 0 aliphatic heterocycles. The fraction of sp³-hybridized carbons (Fsp3) is 0.333. The number of nitrogens with two attached hydrogens (primary N) is 1. The van der Waals surface area contributed by atoms with Crippen LogP contribution in [0.15, 0.2) is 18.2 Å². The molecule has 0 saturated carbocycles. The number of halogens is 2. The minimum atomic E-state index is -0.478. The van der Waals surface area contributed by atoms with Gasteiger partial charge in [-0.2, -0.15) is 0 Å². The van der Waals surface area contributed by atoms with Crippen molar-refractivity contribution in [1.29, 1.82) is 0 Å². The molecule has 0 aliphatic rings. The van der Waals surface area contributed by atoms with E-state index in [0.29, 0.717) is 10.6 Å². The van der Waals surface area contributed by atoms with Crippen LogP contribution in [0.25, 0.3) is 0 Å². The summed E-state index contributed by atoms with van der Waals surface area (Å²) in [7, 11) is 1.47. The van der Waals surface area contributed by atoms with Gasteiger partial charge in [0.25, 0.3) is 0 Å². The van der Waals surface area contributed by atoms with Crippen molar-refractivity contribution in [2.75, 3.05) is 13.7 Å². The average molecular weight is 204 g/mol. The molecule has 72 valence electrons. The normalized spacial score (nSPS) is 12.9. The molecule has 0 bridgehead atoms. The first-order valence-electron chi connectivity index (χ1n) is 3.87. The van der Waals surface area contributed by atoms with Gasteiger partial charge in [0.1, 0.15) is 5.82 Å². The third kappa shape index (κ3) is 2.18. The summed E-state index contributed by atoms with van der Waals surface area (Å²) in [6.07, 6.45) is -0.478. The number of hydrogen-bond donors (Lipinski definition) is 1. The Morgan fingerprint density at radius 1 is 1.62 bits per heavy atom. The van der Waals surface area contributed by atoms with Crippen LogP contribution in [0.3, 0.4) is 0 Å². The Morgan fingerprint density at radius 3 is 2.77 bits per heavy atom. The Morgan fingerprint density at radius 2 is 2.31 bits per heavy atom. The maximum Gasteiger partial charge on any atom is 0.130 e. The van der Waals surface area contributed by atoms with E-state index >= 15 is 0 Å². The Bertz CT molecular complexity index is 269. The first kappa shape index (κ1) is 10.4. The van der Waals surface area contributed by atoms with Gasteiger partial charge in [0.05, 0.1) is 6.10 Å². The van der Waals surface area contributed by atoms with Crippen LogP contribution in [0.4, 0.5) is 4.39 Å². The summed E-state index contributed by atoms with van der Waals surface area (Å²) < 4.78 is 18.3. The lowest BCUT2D eigenvalue weighted by atomic mass is 10.1. The molecular formula is C9H11ClFNO. The van der Waals surface area contributed by atoms with Crippen LogP contribution in [0, 0.1) is 5.82 Å². The lowest BCUT2D eigenvalue weighted by Crippen LogP contribution is -2.16. The van der Waals surface area contributed by atoms with Gasteiger partial charge in [0, 0.05) is 24.2 Å². The highest BCUT2D eigenvalue weighted by Crippen LogP contribution is 2.26. The largest absolute Gasteiger partial charge is 0.375 e. The van der Waals surface area contributed by atoms with Crippen molar-refractivity contribution < 1.29 is 9.13 Å². The van der Waals surface area contributed by atoms with E-state index in [1.165, 1.54) is 13.2 Å². The monoisotopic (exact) mass is 203 g/mol. The minimum Gasteiger partial charge on any atom is -0.375 e. The third-order valence-electron chi connectivity index (χ3n) is 1.82. The highest BCUT2D eigenvalue weighted by molar-refractivity contribution is 6.31. The molecule has 4 heteroatoms. The lowest BCUT2D eigenvalue weighted by Gasteiger charge is -2.15. The Hall–Kier alpha value is -0.640. The van der Waals surface area contributed by atoms with Crippen LogP contribution >= 0.6 is 11.6 Å². The fourth-order valence-corrected chi connectivity index (χ4v) is 1.43. The molecule has 0 aromatic heterocycles. The van der Waals surface area contributed by atoms with Gasteiger partial charge < -0.3 is 10.5 Å². The van der Waals surface area contributed by atoms with E-state index in [-0.39, 0.29) is 12.4 Å². The van der Waals surface area contributed by atoms with Crippen LogP contribution < -0.4 is 5.73 Å². The zero-order chi connectivity index (χ0) is 9.84. The molecule has 0 spiro atoms. The number of rotatable bonds is 3. The third-order valence-corrected chi connectivity index (χ3v) is 2.15. The summed E-state index contributed by atoms with van der Waals surface area (Å²) in [5.74, 6) is -0.384. The lowest BCUT2D eigenvalue weighted by molar-refractivity contribution is 0.107. The molecule has 13 heavy (non-hydrogen) atoms. The van der Waals surface area contributed by atoms with E-state index in [2.05, 4.69) is 0 Å². The first-order chi connectivity index (χ1) is 6.20. The van der Waals surface area contributed by atoms with Gasteiger partial charge in [-0.15, -0.1) is 0 Å². The zero-order valence-electron chi connectivity index (χ0n) is 7.26. The van der Waals surface area contributed by atoms with Crippen molar-refractivity contribution in [3.63, 3.8) is 0 Å². The molecule has 1 aromatic rings. The van der Waals surface area contributed by atoms with Crippen molar-refractivity contribution in [2.24, 2.45) is 5.73 Å². The average Bonchev–Trinajstić information content (AvgIpc) is 2.11. The van der Waals surface area contributed by atoms with Crippen molar-refractivity contribution in [3.05, 3.63) is 34.6 Å². The smallest absolute Gasteiger partial charge is 0.130 e. The molecule has 0 heterocycles. The second-order valence-electron chi connectivity index (χ2n) is 2.60. The second-order valence-corrected chi connectivity index (χ2v) is 3.00. The van der Waals surface area contributed by atoms with Crippen LogP contribution in [-0.2, 0) is 4.74 Å². The summed E-state index contributed by atoms with van der Waals surface area (Å²) in [4.78, 5) is 0. The van der Waals surface area contributed by atoms with E-state index in [1.807, 2.05) is 0 Å². The number of methoxy groups -OCH3 is 1. The maximum atomic E-state index is 13.3. The molecule has 1 rings (SSSR count). The Balaban J connectivity index is 3.10. The minimum absolute atomic E-state index is 0.206. The van der Waals surface area contributed by atoms with Crippen molar-refractivity contribution in [2.45, 2.75) is 6.10 Å². The van der Waals surface area contributed by atoms with Crippen LogP contribution in [0.1, 0.15) is 11.7 Å². The Labute approximate surface area is 81.4 Å². The summed E-state index contributed by atoms with van der Waals surface area (Å²) in [5.41, 5.74) is 5.73. The first-order valence-corrected chi connectivity index (χ1v) is 4.25. The van der Waals surface area contributed by atoms with Gasteiger partial charge in [0.2, 0.25) is 0 Å². The zero-order valence-corrected chi connectivity index (χ0v) is 8.01. The maximum absolute atomic E-state index is 13.3. The fourth-order valence-electron chi connectivity index (χ4n) is 1.15. The molecule has 1 atom stereocenters. The molecule has 0 aliphatic carbocycles. The number of ether oxygens (including phenoxy) is 1. The van der Waals surface area contributed by atoms with Gasteiger partial charge in [-0.05, 0) is 12.1 Å². The van der Waals surface area contributed by atoms with Crippen LogP contribution in [-0.4, -0.2) is 13.7 Å². The molecule has 0 radical (unpaired) electrons. The van der Waals surface area contributed by atoms with Gasteiger partial charge in [-0.3, -0.25) is 0 Å². The standard InChI is InChI=1S/C9H11ClFNO/c1-13-8(5-12)9-6(10)3-2-4-7(9)11/h2-4,8H,5,12H2,1H3. The van der Waals surface area contributed by atoms with E-state index < -0.39 is 6.10 Å². The molecule has 2 nitrogen and oxygen atoms in total. The molecule has 0 fully saturated rings. The van der Waals surface area contributed by atoms with Gasteiger partial charge >= 0.3 is 0 Å². The highest BCUT2D eigenvalue weighted by Gasteiger charge is 2.16. The summed E-state index contributed by atoms with van der Waals surface area (Å²) in [5, 5.41) is 0.345. The van der Waals surface area contributed by atoms with Crippen molar-refractivity contribution >= 4 is 11.6 Å². The number of benzene rings is 1. The number of hydrogen-bond acceptors (Lipinski definition) is 2. The van der Waals surface area contributed by atoms with Gasteiger partial charge in [-0.1, -0.05) is 17.7 Å². The van der Waals surface area contributed by atoms with Crippen LogP contribution in [0.2, 0.25) is 5.02 Å². The van der Waals surface area contributed by atoms with Gasteiger partial charge in [0.15, 0.2) is 0 Å². The van der Waals surface area contributed by atoms with E-state index in [0.717, 1.165) is 0 Å². The molecular weight excluding hydrogens is 193 g/mol. The molecule has 2 N–H and O–H groups in total. The highest BCUT2D eigenvalue weighted by atomic mass is 35.5.